The second-order valence-corrected chi connectivity index (χ2v) is 2.53. The molecule has 0 saturated heterocycles. The largest absolute Gasteiger partial charge is 0.494 e. The van der Waals surface area contributed by atoms with Gasteiger partial charge < -0.3 is 4.74 Å². The minimum absolute atomic E-state index is 0.0933. The maximum Gasteiger partial charge on any atom is 0.200 e. The topological polar surface area (TPSA) is 26.3 Å². The van der Waals surface area contributed by atoms with Crippen LogP contribution in [0.4, 0.5) is 8.78 Å². The third-order valence-electron chi connectivity index (χ3n) is 1.62. The lowest BCUT2D eigenvalue weighted by atomic mass is 10.1. The Kier molecular flexibility index (Phi) is 2.60. The smallest absolute Gasteiger partial charge is 0.200 e. The molecule has 0 aliphatic heterocycles. The van der Waals surface area contributed by atoms with E-state index in [9.17, 15) is 13.6 Å². The van der Waals surface area contributed by atoms with E-state index in [1.165, 1.54) is 20.1 Å². The van der Waals surface area contributed by atoms with Gasteiger partial charge in [0.05, 0.1) is 7.11 Å². The Morgan fingerprint density at radius 1 is 1.38 bits per heavy atom. The number of ketones is 1. The summed E-state index contributed by atoms with van der Waals surface area (Å²) in [5.41, 5.74) is 0.0933. The van der Waals surface area contributed by atoms with Gasteiger partial charge in [0.15, 0.2) is 17.3 Å². The van der Waals surface area contributed by atoms with Gasteiger partial charge in [-0.15, -0.1) is 0 Å². The Balaban J connectivity index is 3.30. The van der Waals surface area contributed by atoms with Crippen LogP contribution in [-0.4, -0.2) is 12.9 Å². The fourth-order valence-electron chi connectivity index (χ4n) is 0.916. The van der Waals surface area contributed by atoms with Crippen molar-refractivity contribution in [2.24, 2.45) is 0 Å². The van der Waals surface area contributed by atoms with Gasteiger partial charge in [-0.05, 0) is 19.1 Å². The second-order valence-electron chi connectivity index (χ2n) is 2.53. The highest BCUT2D eigenvalue weighted by Gasteiger charge is 2.12. The summed E-state index contributed by atoms with van der Waals surface area (Å²) in [6.07, 6.45) is 0. The molecule has 0 spiro atoms. The molecule has 1 aromatic rings. The normalized spacial score (nSPS) is 9.85. The molecule has 2 nitrogen and oxygen atoms in total. The fourth-order valence-corrected chi connectivity index (χ4v) is 0.916. The molecule has 0 amide bonds. The summed E-state index contributed by atoms with van der Waals surface area (Å²) >= 11 is 0. The Morgan fingerprint density at radius 2 is 2.00 bits per heavy atom. The zero-order chi connectivity index (χ0) is 10.0. The Morgan fingerprint density at radius 3 is 2.46 bits per heavy atom. The number of methoxy groups -OCH3 is 1. The number of halogens is 2. The molecule has 0 heterocycles. The summed E-state index contributed by atoms with van der Waals surface area (Å²) < 4.78 is 30.2. The number of rotatable bonds is 2. The van der Waals surface area contributed by atoms with Crippen LogP contribution in [0.1, 0.15) is 17.3 Å². The zero-order valence-corrected chi connectivity index (χ0v) is 7.23. The molecule has 70 valence electrons. The number of hydrogen-bond donors (Lipinski definition) is 0. The van der Waals surface area contributed by atoms with E-state index in [0.29, 0.717) is 0 Å². The molecule has 0 N–H and O–H groups in total. The van der Waals surface area contributed by atoms with Gasteiger partial charge in [-0.3, -0.25) is 4.79 Å². The molecule has 0 fully saturated rings. The van der Waals surface area contributed by atoms with Crippen LogP contribution in [0.5, 0.6) is 5.75 Å². The summed E-state index contributed by atoms with van der Waals surface area (Å²) in [4.78, 5) is 10.8. The zero-order valence-electron chi connectivity index (χ0n) is 7.23. The van der Waals surface area contributed by atoms with Crippen molar-refractivity contribution >= 4 is 5.78 Å². The molecule has 0 saturated carbocycles. The van der Waals surface area contributed by atoms with Gasteiger partial charge >= 0.3 is 0 Å². The lowest BCUT2D eigenvalue weighted by molar-refractivity contribution is 0.101. The minimum Gasteiger partial charge on any atom is -0.494 e. The van der Waals surface area contributed by atoms with Crippen molar-refractivity contribution in [3.8, 4) is 5.75 Å². The van der Waals surface area contributed by atoms with Crippen molar-refractivity contribution in [1.29, 1.82) is 0 Å². The molecule has 1 aromatic carbocycles. The molecule has 0 aromatic heterocycles. The summed E-state index contributed by atoms with van der Waals surface area (Å²) in [5.74, 6) is -2.75. The van der Waals surface area contributed by atoms with Gasteiger partial charge in [-0.2, -0.15) is 4.39 Å². The molecule has 0 aliphatic rings. The van der Waals surface area contributed by atoms with Gasteiger partial charge in [0.1, 0.15) is 0 Å². The van der Waals surface area contributed by atoms with E-state index < -0.39 is 11.6 Å². The SMILES string of the molecule is COc1cc(C(C)=O)cc(F)c1F. The molecule has 0 radical (unpaired) electrons. The number of benzene rings is 1. The van der Waals surface area contributed by atoms with Crippen molar-refractivity contribution in [3.63, 3.8) is 0 Å². The van der Waals surface area contributed by atoms with Crippen molar-refractivity contribution in [3.05, 3.63) is 29.3 Å². The van der Waals surface area contributed by atoms with Gasteiger partial charge in [-0.25, -0.2) is 4.39 Å². The molecule has 13 heavy (non-hydrogen) atoms. The highest BCUT2D eigenvalue weighted by molar-refractivity contribution is 5.94. The predicted octanol–water partition coefficient (Wildman–Crippen LogP) is 2.18. The molecular formula is C9H8F2O2. The first kappa shape index (κ1) is 9.64. The van der Waals surface area contributed by atoms with E-state index in [0.717, 1.165) is 6.07 Å². The molecule has 0 aliphatic carbocycles. The maximum atomic E-state index is 12.8. The van der Waals surface area contributed by atoms with Crippen LogP contribution in [0, 0.1) is 11.6 Å². The average molecular weight is 186 g/mol. The van der Waals surface area contributed by atoms with Crippen molar-refractivity contribution in [2.45, 2.75) is 6.92 Å². The summed E-state index contributed by atoms with van der Waals surface area (Å²) in [6, 6.07) is 2.01. The van der Waals surface area contributed by atoms with E-state index in [1.807, 2.05) is 0 Å². The van der Waals surface area contributed by atoms with Gasteiger partial charge in [0.2, 0.25) is 5.82 Å². The number of Topliss-reactive ketones (excluding diaryl/α,β-unsaturated/α-hetero) is 1. The van der Waals surface area contributed by atoms with Gasteiger partial charge in [-0.1, -0.05) is 0 Å². The molecular weight excluding hydrogens is 178 g/mol. The average Bonchev–Trinajstić information content (AvgIpc) is 2.09. The van der Waals surface area contributed by atoms with Crippen molar-refractivity contribution < 1.29 is 18.3 Å². The molecule has 0 unspecified atom stereocenters. The highest BCUT2D eigenvalue weighted by Crippen LogP contribution is 2.21. The Hall–Kier alpha value is -1.45. The van der Waals surface area contributed by atoms with Crippen LogP contribution in [-0.2, 0) is 0 Å². The standard InChI is InChI=1S/C9H8F2O2/c1-5(12)6-3-7(10)9(11)8(4-6)13-2/h3-4H,1-2H3. The second kappa shape index (κ2) is 3.51. The molecule has 0 atom stereocenters. The number of hydrogen-bond acceptors (Lipinski definition) is 2. The van der Waals surface area contributed by atoms with Crippen molar-refractivity contribution in [2.75, 3.05) is 7.11 Å². The lowest BCUT2D eigenvalue weighted by Gasteiger charge is -2.04. The third-order valence-corrected chi connectivity index (χ3v) is 1.62. The van der Waals surface area contributed by atoms with Crippen LogP contribution in [0.25, 0.3) is 0 Å². The van der Waals surface area contributed by atoms with Gasteiger partial charge in [0.25, 0.3) is 0 Å². The Labute approximate surface area is 74.1 Å². The van der Waals surface area contributed by atoms with E-state index >= 15 is 0 Å². The number of carbonyl (C=O) groups excluding carboxylic acids is 1. The van der Waals surface area contributed by atoms with Crippen LogP contribution in [0.15, 0.2) is 12.1 Å². The molecule has 0 bridgehead atoms. The maximum absolute atomic E-state index is 12.8. The van der Waals surface area contributed by atoms with Crippen LogP contribution in [0.2, 0.25) is 0 Å². The first-order valence-corrected chi connectivity index (χ1v) is 3.60. The summed E-state index contributed by atoms with van der Waals surface area (Å²) in [6.45, 7) is 1.27. The van der Waals surface area contributed by atoms with E-state index in [1.54, 1.807) is 0 Å². The minimum atomic E-state index is -1.08. The highest BCUT2D eigenvalue weighted by atomic mass is 19.2. The summed E-state index contributed by atoms with van der Waals surface area (Å²) in [5, 5.41) is 0. The van der Waals surface area contributed by atoms with Crippen LogP contribution in [0.3, 0.4) is 0 Å². The molecule has 4 heteroatoms. The number of ether oxygens (including phenoxy) is 1. The van der Waals surface area contributed by atoms with Gasteiger partial charge in [0, 0.05) is 5.56 Å². The predicted molar refractivity (Wildman–Crippen MR) is 42.9 cm³/mol. The fraction of sp³-hybridized carbons (Fsp3) is 0.222. The van der Waals surface area contributed by atoms with E-state index in [-0.39, 0.29) is 17.1 Å². The Bertz CT molecular complexity index is 348. The van der Waals surface area contributed by atoms with Crippen LogP contribution < -0.4 is 4.74 Å². The first-order valence-electron chi connectivity index (χ1n) is 3.60. The van der Waals surface area contributed by atoms with Crippen LogP contribution >= 0.6 is 0 Å². The van der Waals surface area contributed by atoms with Crippen molar-refractivity contribution in [1.82, 2.24) is 0 Å². The monoisotopic (exact) mass is 186 g/mol. The third kappa shape index (κ3) is 1.83. The number of carbonyl (C=O) groups is 1. The lowest BCUT2D eigenvalue weighted by Crippen LogP contribution is -1.98. The molecule has 1 rings (SSSR count). The first-order chi connectivity index (χ1) is 6.06. The van der Waals surface area contributed by atoms with E-state index in [2.05, 4.69) is 4.74 Å². The summed E-state index contributed by atoms with van der Waals surface area (Å²) in [7, 11) is 1.21. The quantitative estimate of drug-likeness (QED) is 0.661. The van der Waals surface area contributed by atoms with E-state index in [4.69, 9.17) is 0 Å².